The van der Waals surface area contributed by atoms with Crippen LogP contribution in [0.4, 0.5) is 22.0 Å². The van der Waals surface area contributed by atoms with Crippen molar-refractivity contribution in [3.8, 4) is 16.9 Å². The number of aromatic nitrogens is 2. The number of hydrogen-bond donors (Lipinski definition) is 1. The number of alkyl halides is 3. The monoisotopic (exact) mass is 398 g/mol. The van der Waals surface area contributed by atoms with E-state index in [9.17, 15) is 31.5 Å². The average molecular weight is 398 g/mol. The number of halogens is 5. The molecule has 1 N–H and O–H groups in total. The normalized spacial score (nSPS) is 14.0. The molecule has 0 amide bonds. The maximum Gasteiger partial charge on any atom is 0.417 e. The maximum absolute atomic E-state index is 14.4. The van der Waals surface area contributed by atoms with Crippen molar-refractivity contribution < 1.29 is 26.7 Å². The Morgan fingerprint density at radius 2 is 1.86 bits per heavy atom. The Morgan fingerprint density at radius 1 is 1.11 bits per heavy atom. The standard InChI is InChI=1S/C18H11F5N2O3/c19-8-2-3-9(12(20)6-8)13-11(18(21,22)23)7-10-14-15(13)28-5-1-4-25(14)17(27)24-16(10)26/h2-3,6-7H,1,4-5H2,(H,24,26,27). The van der Waals surface area contributed by atoms with Crippen LogP contribution in [0.5, 0.6) is 5.75 Å². The zero-order chi connectivity index (χ0) is 20.2. The fourth-order valence-electron chi connectivity index (χ4n) is 3.36. The zero-order valence-electron chi connectivity index (χ0n) is 14.0. The van der Waals surface area contributed by atoms with Crippen LogP contribution in [0.2, 0.25) is 0 Å². The number of nitrogens with zero attached hydrogens (tertiary/aromatic N) is 1. The quantitative estimate of drug-likeness (QED) is 0.639. The van der Waals surface area contributed by atoms with Crippen LogP contribution in [0, 0.1) is 11.6 Å². The summed E-state index contributed by atoms with van der Waals surface area (Å²) in [6.45, 7) is 0.0390. The molecule has 0 aliphatic carbocycles. The summed E-state index contributed by atoms with van der Waals surface area (Å²) in [5.74, 6) is -2.63. The molecule has 1 aromatic heterocycles. The molecule has 10 heteroatoms. The van der Waals surface area contributed by atoms with Gasteiger partial charge in [0.05, 0.1) is 17.6 Å². The van der Waals surface area contributed by atoms with Crippen LogP contribution >= 0.6 is 0 Å². The van der Waals surface area contributed by atoms with Crippen LogP contribution < -0.4 is 16.0 Å². The van der Waals surface area contributed by atoms with Crippen LogP contribution in [0.1, 0.15) is 12.0 Å². The highest BCUT2D eigenvalue weighted by atomic mass is 19.4. The van der Waals surface area contributed by atoms with E-state index in [0.29, 0.717) is 12.1 Å². The third-order valence-corrected chi connectivity index (χ3v) is 4.51. The first kappa shape index (κ1) is 18.2. The van der Waals surface area contributed by atoms with Crippen molar-refractivity contribution in [1.29, 1.82) is 0 Å². The van der Waals surface area contributed by atoms with E-state index in [2.05, 4.69) is 0 Å². The molecular weight excluding hydrogens is 387 g/mol. The highest BCUT2D eigenvalue weighted by Crippen LogP contribution is 2.46. The summed E-state index contributed by atoms with van der Waals surface area (Å²) in [6.07, 6.45) is -4.69. The number of aryl methyl sites for hydroxylation is 1. The minimum absolute atomic E-state index is 0.0540. The Bertz CT molecular complexity index is 1230. The second-order valence-corrected chi connectivity index (χ2v) is 6.26. The van der Waals surface area contributed by atoms with Gasteiger partial charge in [-0.15, -0.1) is 0 Å². The van der Waals surface area contributed by atoms with Crippen molar-refractivity contribution >= 4 is 10.9 Å². The molecule has 5 nitrogen and oxygen atoms in total. The summed E-state index contributed by atoms with van der Waals surface area (Å²) in [7, 11) is 0. The fraction of sp³-hybridized carbons (Fsp3) is 0.222. The van der Waals surface area contributed by atoms with Gasteiger partial charge in [-0.1, -0.05) is 0 Å². The summed E-state index contributed by atoms with van der Waals surface area (Å²) in [5.41, 5.74) is -4.53. The molecule has 0 saturated heterocycles. The first-order valence-corrected chi connectivity index (χ1v) is 8.17. The molecule has 0 fully saturated rings. The van der Waals surface area contributed by atoms with Gasteiger partial charge in [0.2, 0.25) is 0 Å². The van der Waals surface area contributed by atoms with Gasteiger partial charge in [-0.3, -0.25) is 14.3 Å². The van der Waals surface area contributed by atoms with Crippen LogP contribution in [0.25, 0.3) is 22.0 Å². The number of nitrogens with one attached hydrogen (secondary N) is 1. The lowest BCUT2D eigenvalue weighted by atomic mass is 9.95. The predicted molar refractivity (Wildman–Crippen MR) is 89.3 cm³/mol. The molecule has 2 heterocycles. The Morgan fingerprint density at radius 3 is 2.54 bits per heavy atom. The average Bonchev–Trinajstić information content (AvgIpc) is 2.82. The SMILES string of the molecule is O=c1[nH]c(=O)n2c3c(c(-c4ccc(F)cc4F)c(C(F)(F)F)cc13)OCCC2. The van der Waals surface area contributed by atoms with Crippen molar-refractivity contribution in [2.24, 2.45) is 0 Å². The van der Waals surface area contributed by atoms with Gasteiger partial charge >= 0.3 is 11.9 Å². The topological polar surface area (TPSA) is 64.1 Å². The highest BCUT2D eigenvalue weighted by molar-refractivity contribution is 5.94. The van der Waals surface area contributed by atoms with Crippen molar-refractivity contribution in [3.63, 3.8) is 0 Å². The molecule has 2 aromatic carbocycles. The van der Waals surface area contributed by atoms with Crippen LogP contribution in [-0.2, 0) is 12.7 Å². The third kappa shape index (κ3) is 2.76. The second-order valence-electron chi connectivity index (χ2n) is 6.26. The van der Waals surface area contributed by atoms with E-state index in [0.717, 1.165) is 16.7 Å². The smallest absolute Gasteiger partial charge is 0.417 e. The molecule has 4 rings (SSSR count). The van der Waals surface area contributed by atoms with Crippen molar-refractivity contribution in [2.45, 2.75) is 19.1 Å². The number of rotatable bonds is 1. The largest absolute Gasteiger partial charge is 0.491 e. The Balaban J connectivity index is 2.26. The van der Waals surface area contributed by atoms with Gasteiger partial charge in [-0.25, -0.2) is 13.6 Å². The molecule has 0 saturated carbocycles. The number of H-pyrrole nitrogens is 1. The molecule has 1 aliphatic rings. The molecular formula is C18H11F5N2O3. The third-order valence-electron chi connectivity index (χ3n) is 4.51. The molecule has 28 heavy (non-hydrogen) atoms. The van der Waals surface area contributed by atoms with E-state index in [4.69, 9.17) is 4.74 Å². The molecule has 0 spiro atoms. The van der Waals surface area contributed by atoms with E-state index in [1.807, 2.05) is 4.98 Å². The van der Waals surface area contributed by atoms with Crippen LogP contribution in [0.15, 0.2) is 33.9 Å². The molecule has 1 aliphatic heterocycles. The maximum atomic E-state index is 14.4. The lowest BCUT2D eigenvalue weighted by molar-refractivity contribution is -0.137. The van der Waals surface area contributed by atoms with E-state index in [-0.39, 0.29) is 25.1 Å². The van der Waals surface area contributed by atoms with E-state index < -0.39 is 56.9 Å². The van der Waals surface area contributed by atoms with Gasteiger partial charge in [-0.2, -0.15) is 13.2 Å². The number of aromatic amines is 1. The van der Waals surface area contributed by atoms with E-state index in [1.165, 1.54) is 0 Å². The Labute approximate surface area is 153 Å². The van der Waals surface area contributed by atoms with Crippen LogP contribution in [0.3, 0.4) is 0 Å². The van der Waals surface area contributed by atoms with Gasteiger partial charge in [0.25, 0.3) is 5.56 Å². The fourth-order valence-corrected chi connectivity index (χ4v) is 3.36. The summed E-state index contributed by atoms with van der Waals surface area (Å²) >= 11 is 0. The molecule has 0 bridgehead atoms. The molecule has 3 aromatic rings. The summed E-state index contributed by atoms with van der Waals surface area (Å²) in [6, 6.07) is 2.69. The summed E-state index contributed by atoms with van der Waals surface area (Å²) in [4.78, 5) is 26.3. The van der Waals surface area contributed by atoms with Gasteiger partial charge in [0.15, 0.2) is 5.75 Å². The Kier molecular flexibility index (Phi) is 4.02. The molecule has 0 atom stereocenters. The van der Waals surface area contributed by atoms with Crippen molar-refractivity contribution in [3.05, 3.63) is 62.3 Å². The number of hydrogen-bond acceptors (Lipinski definition) is 3. The molecule has 0 radical (unpaired) electrons. The van der Waals surface area contributed by atoms with Gasteiger partial charge < -0.3 is 4.74 Å². The number of benzene rings is 2. The van der Waals surface area contributed by atoms with Gasteiger partial charge in [0, 0.05) is 23.7 Å². The minimum atomic E-state index is -4.97. The van der Waals surface area contributed by atoms with Gasteiger partial charge in [-0.05, 0) is 24.6 Å². The first-order valence-electron chi connectivity index (χ1n) is 8.17. The molecule has 0 unspecified atom stereocenters. The second kappa shape index (κ2) is 6.18. The van der Waals surface area contributed by atoms with E-state index in [1.54, 1.807) is 0 Å². The zero-order valence-corrected chi connectivity index (χ0v) is 14.0. The van der Waals surface area contributed by atoms with Crippen molar-refractivity contribution in [2.75, 3.05) is 6.61 Å². The predicted octanol–water partition coefficient (Wildman–Crippen LogP) is 3.44. The Hall–Kier alpha value is -3.17. The lowest BCUT2D eigenvalue weighted by Crippen LogP contribution is -2.30. The van der Waals surface area contributed by atoms with E-state index >= 15 is 0 Å². The van der Waals surface area contributed by atoms with Crippen molar-refractivity contribution in [1.82, 2.24) is 9.55 Å². The van der Waals surface area contributed by atoms with Crippen LogP contribution in [-0.4, -0.2) is 16.2 Å². The number of ether oxygens (including phenoxy) is 1. The summed E-state index contributed by atoms with van der Waals surface area (Å²) < 4.78 is 75.6. The van der Waals surface area contributed by atoms with Gasteiger partial charge in [0.1, 0.15) is 17.2 Å². The lowest BCUT2D eigenvalue weighted by Gasteiger charge is -2.20. The molecule has 146 valence electrons. The first-order chi connectivity index (χ1) is 13.2. The summed E-state index contributed by atoms with van der Waals surface area (Å²) in [5, 5.41) is -0.407. The minimum Gasteiger partial charge on any atom is -0.491 e. The highest BCUT2D eigenvalue weighted by Gasteiger charge is 2.38.